The lowest BCUT2D eigenvalue weighted by Crippen LogP contribution is -2.39. The smallest absolute Gasteiger partial charge is 0.354 e. The Balaban J connectivity index is 1.55. The van der Waals surface area contributed by atoms with Crippen LogP contribution in [0.15, 0.2) is 48.5 Å². The number of halogens is 3. The number of amides is 1. The Morgan fingerprint density at radius 2 is 1.84 bits per heavy atom. The average molecular weight is 348 g/mol. The maximum Gasteiger partial charge on any atom is 0.416 e. The summed E-state index contributed by atoms with van der Waals surface area (Å²) in [6, 6.07) is 12.9. The Kier molecular flexibility index (Phi) is 5.08. The molecule has 132 valence electrons. The third-order valence-electron chi connectivity index (χ3n) is 4.36. The van der Waals surface area contributed by atoms with E-state index >= 15 is 0 Å². The molecule has 0 aliphatic carbocycles. The van der Waals surface area contributed by atoms with Crippen LogP contribution in [0.4, 0.5) is 13.2 Å². The van der Waals surface area contributed by atoms with Gasteiger partial charge in [-0.25, -0.2) is 0 Å². The number of fused-ring (bicyclic) bond motifs is 1. The van der Waals surface area contributed by atoms with E-state index in [1.165, 1.54) is 23.3 Å². The van der Waals surface area contributed by atoms with Gasteiger partial charge < -0.3 is 10.6 Å². The van der Waals surface area contributed by atoms with E-state index in [9.17, 15) is 18.0 Å². The highest BCUT2D eigenvalue weighted by Gasteiger charge is 2.30. The molecule has 1 atom stereocenters. The molecule has 2 N–H and O–H groups in total. The SMILES string of the molecule is O=C(Cc1ccc(C(F)(F)F)cc1)NCC1NCCc2ccccc21. The summed E-state index contributed by atoms with van der Waals surface area (Å²) in [5, 5.41) is 6.24. The highest BCUT2D eigenvalue weighted by molar-refractivity contribution is 5.78. The molecule has 0 saturated heterocycles. The second kappa shape index (κ2) is 7.27. The van der Waals surface area contributed by atoms with Crippen molar-refractivity contribution < 1.29 is 18.0 Å². The summed E-state index contributed by atoms with van der Waals surface area (Å²) in [6.07, 6.45) is -3.33. The van der Waals surface area contributed by atoms with Crippen LogP contribution in [0.5, 0.6) is 0 Å². The summed E-state index contributed by atoms with van der Waals surface area (Å²) in [6.45, 7) is 1.31. The summed E-state index contributed by atoms with van der Waals surface area (Å²) in [4.78, 5) is 12.1. The second-order valence-corrected chi connectivity index (χ2v) is 6.13. The van der Waals surface area contributed by atoms with Crippen molar-refractivity contribution in [2.75, 3.05) is 13.1 Å². The van der Waals surface area contributed by atoms with Crippen LogP contribution in [0.3, 0.4) is 0 Å². The van der Waals surface area contributed by atoms with Gasteiger partial charge in [0, 0.05) is 12.6 Å². The van der Waals surface area contributed by atoms with Gasteiger partial charge in [-0.3, -0.25) is 4.79 Å². The number of rotatable bonds is 4. The normalized spacial score (nSPS) is 17.0. The first-order valence-electron chi connectivity index (χ1n) is 8.17. The molecule has 0 saturated carbocycles. The van der Waals surface area contributed by atoms with Crippen molar-refractivity contribution in [2.24, 2.45) is 0 Å². The topological polar surface area (TPSA) is 41.1 Å². The quantitative estimate of drug-likeness (QED) is 0.891. The fourth-order valence-corrected chi connectivity index (χ4v) is 3.05. The molecular formula is C19H19F3N2O. The van der Waals surface area contributed by atoms with E-state index < -0.39 is 11.7 Å². The highest BCUT2D eigenvalue weighted by Crippen LogP contribution is 2.29. The molecule has 0 radical (unpaired) electrons. The van der Waals surface area contributed by atoms with Crippen LogP contribution in [0.25, 0.3) is 0 Å². The third-order valence-corrected chi connectivity index (χ3v) is 4.36. The summed E-state index contributed by atoms with van der Waals surface area (Å²) in [5.74, 6) is -0.204. The fraction of sp³-hybridized carbons (Fsp3) is 0.316. The number of carbonyl (C=O) groups excluding carboxylic acids is 1. The molecule has 1 aliphatic heterocycles. The van der Waals surface area contributed by atoms with Crippen molar-refractivity contribution in [2.45, 2.75) is 25.1 Å². The molecule has 2 aromatic carbocycles. The third kappa shape index (κ3) is 4.39. The Morgan fingerprint density at radius 1 is 1.12 bits per heavy atom. The van der Waals surface area contributed by atoms with E-state index in [1.807, 2.05) is 18.2 Å². The monoisotopic (exact) mass is 348 g/mol. The molecule has 0 fully saturated rings. The molecular weight excluding hydrogens is 329 g/mol. The summed E-state index contributed by atoms with van der Waals surface area (Å²) in [7, 11) is 0. The molecule has 2 aromatic rings. The van der Waals surface area contributed by atoms with Gasteiger partial charge in [-0.15, -0.1) is 0 Å². The summed E-state index contributed by atoms with van der Waals surface area (Å²) >= 11 is 0. The zero-order valence-corrected chi connectivity index (χ0v) is 13.6. The molecule has 1 heterocycles. The molecule has 0 bridgehead atoms. The van der Waals surface area contributed by atoms with Crippen LogP contribution in [0.2, 0.25) is 0 Å². The molecule has 0 spiro atoms. The molecule has 0 aromatic heterocycles. The van der Waals surface area contributed by atoms with Gasteiger partial charge >= 0.3 is 6.18 Å². The fourth-order valence-electron chi connectivity index (χ4n) is 3.05. The lowest BCUT2D eigenvalue weighted by molar-refractivity contribution is -0.137. The van der Waals surface area contributed by atoms with Gasteiger partial charge in [-0.05, 0) is 41.8 Å². The minimum absolute atomic E-state index is 0.0569. The Hall–Kier alpha value is -2.34. The predicted molar refractivity (Wildman–Crippen MR) is 89.0 cm³/mol. The molecule has 3 nitrogen and oxygen atoms in total. The van der Waals surface area contributed by atoms with Crippen LogP contribution < -0.4 is 10.6 Å². The van der Waals surface area contributed by atoms with Gasteiger partial charge in [-0.1, -0.05) is 36.4 Å². The molecule has 1 amide bonds. The van der Waals surface area contributed by atoms with Crippen LogP contribution in [0, 0.1) is 0 Å². The number of nitrogens with one attached hydrogen (secondary N) is 2. The minimum Gasteiger partial charge on any atom is -0.354 e. The minimum atomic E-state index is -4.36. The van der Waals surface area contributed by atoms with Crippen molar-refractivity contribution in [1.82, 2.24) is 10.6 Å². The van der Waals surface area contributed by atoms with Gasteiger partial charge in [0.1, 0.15) is 0 Å². The lowest BCUT2D eigenvalue weighted by Gasteiger charge is -2.27. The highest BCUT2D eigenvalue weighted by atomic mass is 19.4. The summed E-state index contributed by atoms with van der Waals surface area (Å²) < 4.78 is 37.6. The van der Waals surface area contributed by atoms with Crippen molar-refractivity contribution >= 4 is 5.91 Å². The first-order valence-corrected chi connectivity index (χ1v) is 8.17. The van der Waals surface area contributed by atoms with E-state index in [1.54, 1.807) is 0 Å². The van der Waals surface area contributed by atoms with Gasteiger partial charge in [-0.2, -0.15) is 13.2 Å². The maximum atomic E-state index is 12.5. The maximum absolute atomic E-state index is 12.5. The second-order valence-electron chi connectivity index (χ2n) is 6.13. The van der Waals surface area contributed by atoms with Crippen molar-refractivity contribution in [3.8, 4) is 0 Å². The Bertz CT molecular complexity index is 741. The zero-order chi connectivity index (χ0) is 17.9. The largest absolute Gasteiger partial charge is 0.416 e. The van der Waals surface area contributed by atoms with E-state index in [2.05, 4.69) is 16.7 Å². The van der Waals surface area contributed by atoms with Gasteiger partial charge in [0.25, 0.3) is 0 Å². The first kappa shape index (κ1) is 17.5. The zero-order valence-electron chi connectivity index (χ0n) is 13.6. The Morgan fingerprint density at radius 3 is 2.56 bits per heavy atom. The van der Waals surface area contributed by atoms with Crippen LogP contribution in [-0.4, -0.2) is 19.0 Å². The molecule has 1 aliphatic rings. The number of hydrogen-bond donors (Lipinski definition) is 2. The van der Waals surface area contributed by atoms with Crippen molar-refractivity contribution in [3.63, 3.8) is 0 Å². The summed E-state index contributed by atoms with van der Waals surface area (Å²) in [5.41, 5.74) is 2.31. The van der Waals surface area contributed by atoms with Crippen molar-refractivity contribution in [3.05, 3.63) is 70.8 Å². The van der Waals surface area contributed by atoms with Crippen molar-refractivity contribution in [1.29, 1.82) is 0 Å². The standard InChI is InChI=1S/C19H19F3N2O/c20-19(21,22)15-7-5-13(6-8-15)11-18(25)24-12-17-16-4-2-1-3-14(16)9-10-23-17/h1-8,17,23H,9-12H2,(H,24,25). The predicted octanol–water partition coefficient (Wildman–Crippen LogP) is 3.25. The molecule has 25 heavy (non-hydrogen) atoms. The number of carbonyl (C=O) groups is 1. The van der Waals surface area contributed by atoms with Crippen LogP contribution >= 0.6 is 0 Å². The number of benzene rings is 2. The number of hydrogen-bond acceptors (Lipinski definition) is 2. The number of alkyl halides is 3. The van der Waals surface area contributed by atoms with Gasteiger partial charge in [0.05, 0.1) is 12.0 Å². The van der Waals surface area contributed by atoms with E-state index in [0.29, 0.717) is 12.1 Å². The van der Waals surface area contributed by atoms with Crippen LogP contribution in [-0.2, 0) is 23.8 Å². The lowest BCUT2D eigenvalue weighted by atomic mass is 9.94. The van der Waals surface area contributed by atoms with Gasteiger partial charge in [0.15, 0.2) is 0 Å². The van der Waals surface area contributed by atoms with E-state index in [-0.39, 0.29) is 18.4 Å². The molecule has 6 heteroatoms. The first-order chi connectivity index (χ1) is 11.9. The molecule has 3 rings (SSSR count). The van der Waals surface area contributed by atoms with Crippen LogP contribution in [0.1, 0.15) is 28.3 Å². The average Bonchev–Trinajstić information content (AvgIpc) is 2.59. The van der Waals surface area contributed by atoms with Gasteiger partial charge in [0.2, 0.25) is 5.91 Å². The van der Waals surface area contributed by atoms with E-state index in [0.717, 1.165) is 25.1 Å². The van der Waals surface area contributed by atoms with E-state index in [4.69, 9.17) is 0 Å². The molecule has 1 unspecified atom stereocenters. The Labute approximate surface area is 144 Å².